The highest BCUT2D eigenvalue weighted by Gasteiger charge is 2.19. The summed E-state index contributed by atoms with van der Waals surface area (Å²) in [6, 6.07) is 21.4. The molecule has 0 radical (unpaired) electrons. The molecule has 1 aliphatic rings. The maximum Gasteiger partial charge on any atom is 0.0833 e. The van der Waals surface area contributed by atoms with Crippen LogP contribution in [-0.2, 0) is 0 Å². The summed E-state index contributed by atoms with van der Waals surface area (Å²) in [5.41, 5.74) is 2.59. The fraction of sp³-hybridized carbons (Fsp3) is 0.111. The summed E-state index contributed by atoms with van der Waals surface area (Å²) in [7, 11) is 0. The number of nitrogens with zero attached hydrogens (tertiary/aromatic N) is 1. The quantitative estimate of drug-likeness (QED) is 0.746. The molecule has 2 aromatic carbocycles. The lowest BCUT2D eigenvalue weighted by atomic mass is 9.97. The van der Waals surface area contributed by atoms with Gasteiger partial charge in [0.25, 0.3) is 0 Å². The molecule has 0 spiro atoms. The second-order valence-corrected chi connectivity index (χ2v) is 5.85. The van der Waals surface area contributed by atoms with Gasteiger partial charge in [-0.2, -0.15) is 0 Å². The molecule has 0 aromatic heterocycles. The maximum absolute atomic E-state index is 3.61. The summed E-state index contributed by atoms with van der Waals surface area (Å²) < 4.78 is 1.21. The summed E-state index contributed by atoms with van der Waals surface area (Å²) >= 11 is 3.61. The van der Waals surface area contributed by atoms with Gasteiger partial charge < -0.3 is 4.90 Å². The molecule has 20 heavy (non-hydrogen) atoms. The average Bonchev–Trinajstić information content (AvgIpc) is 2.50. The number of benzene rings is 2. The third-order valence-corrected chi connectivity index (χ3v) is 3.94. The van der Waals surface area contributed by atoms with Crippen molar-refractivity contribution in [3.63, 3.8) is 0 Å². The Balaban J connectivity index is 2.05. The zero-order valence-corrected chi connectivity index (χ0v) is 12.7. The highest BCUT2D eigenvalue weighted by Crippen LogP contribution is 2.32. The average molecular weight is 326 g/mol. The Morgan fingerprint density at radius 3 is 1.90 bits per heavy atom. The van der Waals surface area contributed by atoms with Crippen molar-refractivity contribution in [1.82, 2.24) is 4.90 Å². The number of halogens is 1. The first-order chi connectivity index (χ1) is 9.84. The van der Waals surface area contributed by atoms with E-state index in [-0.39, 0.29) is 6.04 Å². The largest absolute Gasteiger partial charge is 0.342 e. The van der Waals surface area contributed by atoms with E-state index in [1.54, 1.807) is 0 Å². The monoisotopic (exact) mass is 325 g/mol. The van der Waals surface area contributed by atoms with E-state index in [0.717, 1.165) is 6.42 Å². The van der Waals surface area contributed by atoms with Gasteiger partial charge in [0.15, 0.2) is 0 Å². The molecule has 1 nitrogen and oxygen atoms in total. The van der Waals surface area contributed by atoms with Gasteiger partial charge >= 0.3 is 0 Å². The topological polar surface area (TPSA) is 3.24 Å². The minimum absolute atomic E-state index is 0.210. The normalized spacial score (nSPS) is 14.5. The molecule has 0 amide bonds. The molecule has 0 bridgehead atoms. The minimum atomic E-state index is 0.210. The molecule has 1 aliphatic heterocycles. The SMILES string of the molecule is BrC1=CN(C(c2ccccc2)c2ccccc2)C=CC1. The van der Waals surface area contributed by atoms with Crippen LogP contribution < -0.4 is 0 Å². The van der Waals surface area contributed by atoms with Gasteiger partial charge in [0.1, 0.15) is 0 Å². The van der Waals surface area contributed by atoms with Crippen molar-refractivity contribution in [2.24, 2.45) is 0 Å². The maximum atomic E-state index is 3.61. The fourth-order valence-electron chi connectivity index (χ4n) is 2.51. The van der Waals surface area contributed by atoms with Gasteiger partial charge in [0.2, 0.25) is 0 Å². The van der Waals surface area contributed by atoms with E-state index >= 15 is 0 Å². The van der Waals surface area contributed by atoms with Crippen LogP contribution in [0, 0.1) is 0 Å². The van der Waals surface area contributed by atoms with Crippen LogP contribution in [0.2, 0.25) is 0 Å². The number of allylic oxidation sites excluding steroid dienone is 2. The van der Waals surface area contributed by atoms with Gasteiger partial charge in [0.05, 0.1) is 6.04 Å². The van der Waals surface area contributed by atoms with Gasteiger partial charge in [-0.1, -0.05) is 82.7 Å². The van der Waals surface area contributed by atoms with Crippen molar-refractivity contribution in [2.75, 3.05) is 0 Å². The van der Waals surface area contributed by atoms with Crippen LogP contribution in [0.25, 0.3) is 0 Å². The zero-order valence-electron chi connectivity index (χ0n) is 11.1. The van der Waals surface area contributed by atoms with Crippen molar-refractivity contribution in [3.8, 4) is 0 Å². The van der Waals surface area contributed by atoms with Crippen molar-refractivity contribution in [2.45, 2.75) is 12.5 Å². The predicted molar refractivity (Wildman–Crippen MR) is 87.3 cm³/mol. The Morgan fingerprint density at radius 1 is 0.850 bits per heavy atom. The second-order valence-electron chi connectivity index (χ2n) is 4.84. The first-order valence-corrected chi connectivity index (χ1v) is 7.54. The van der Waals surface area contributed by atoms with E-state index in [0.29, 0.717) is 0 Å². The van der Waals surface area contributed by atoms with Crippen LogP contribution in [0.3, 0.4) is 0 Å². The molecule has 100 valence electrons. The number of hydrogen-bond donors (Lipinski definition) is 0. The smallest absolute Gasteiger partial charge is 0.0833 e. The summed E-state index contributed by atoms with van der Waals surface area (Å²) in [5, 5.41) is 0. The van der Waals surface area contributed by atoms with Crippen LogP contribution in [0.15, 0.2) is 83.6 Å². The number of rotatable bonds is 3. The molecule has 0 atom stereocenters. The van der Waals surface area contributed by atoms with Gasteiger partial charge in [-0.25, -0.2) is 0 Å². The third kappa shape index (κ3) is 2.86. The van der Waals surface area contributed by atoms with Crippen molar-refractivity contribution in [1.29, 1.82) is 0 Å². The van der Waals surface area contributed by atoms with Crippen LogP contribution in [0.5, 0.6) is 0 Å². The summed E-state index contributed by atoms with van der Waals surface area (Å²) in [4.78, 5) is 2.26. The van der Waals surface area contributed by atoms with Gasteiger partial charge in [0, 0.05) is 23.3 Å². The van der Waals surface area contributed by atoms with Crippen molar-refractivity contribution in [3.05, 3.63) is 94.7 Å². The molecule has 0 fully saturated rings. The first-order valence-electron chi connectivity index (χ1n) is 6.75. The van der Waals surface area contributed by atoms with Crippen LogP contribution >= 0.6 is 15.9 Å². The highest BCUT2D eigenvalue weighted by atomic mass is 79.9. The molecule has 0 saturated heterocycles. The minimum Gasteiger partial charge on any atom is -0.342 e. The van der Waals surface area contributed by atoms with E-state index in [1.165, 1.54) is 15.6 Å². The summed E-state index contributed by atoms with van der Waals surface area (Å²) in [6.45, 7) is 0. The standard InChI is InChI=1S/C18H16BrN/c19-17-12-7-13-20(14-17)18(15-8-3-1-4-9-15)16-10-5-2-6-11-16/h1-11,13-14,18H,12H2. The van der Waals surface area contributed by atoms with Gasteiger partial charge in [-0.3, -0.25) is 0 Å². The van der Waals surface area contributed by atoms with Crippen LogP contribution in [-0.4, -0.2) is 4.90 Å². The fourth-order valence-corrected chi connectivity index (χ4v) is 2.94. The van der Waals surface area contributed by atoms with E-state index in [2.05, 4.69) is 100.0 Å². The molecule has 3 rings (SSSR count). The molecule has 0 N–H and O–H groups in total. The van der Waals surface area contributed by atoms with E-state index in [1.807, 2.05) is 0 Å². The summed E-state index contributed by atoms with van der Waals surface area (Å²) in [6.07, 6.45) is 7.48. The molecule has 2 heteroatoms. The van der Waals surface area contributed by atoms with Crippen molar-refractivity contribution >= 4 is 15.9 Å². The lowest BCUT2D eigenvalue weighted by Gasteiger charge is -2.30. The Bertz CT molecular complexity index is 577. The van der Waals surface area contributed by atoms with E-state index < -0.39 is 0 Å². The van der Waals surface area contributed by atoms with Gasteiger partial charge in [-0.15, -0.1) is 0 Å². The van der Waals surface area contributed by atoms with Crippen molar-refractivity contribution < 1.29 is 0 Å². The van der Waals surface area contributed by atoms with Gasteiger partial charge in [-0.05, 0) is 11.1 Å². The van der Waals surface area contributed by atoms with Crippen LogP contribution in [0.1, 0.15) is 23.6 Å². The Hall–Kier alpha value is -1.80. The van der Waals surface area contributed by atoms with E-state index in [4.69, 9.17) is 0 Å². The Labute approximate surface area is 128 Å². The predicted octanol–water partition coefficient (Wildman–Crippen LogP) is 5.23. The molecule has 2 aromatic rings. The molecule has 0 aliphatic carbocycles. The van der Waals surface area contributed by atoms with E-state index in [9.17, 15) is 0 Å². The third-order valence-electron chi connectivity index (χ3n) is 3.41. The first kappa shape index (κ1) is 13.2. The number of hydrogen-bond acceptors (Lipinski definition) is 1. The second kappa shape index (κ2) is 6.10. The molecule has 0 saturated carbocycles. The Morgan fingerprint density at radius 2 is 1.40 bits per heavy atom. The molecular weight excluding hydrogens is 310 g/mol. The van der Waals surface area contributed by atoms with Crippen LogP contribution in [0.4, 0.5) is 0 Å². The lowest BCUT2D eigenvalue weighted by Crippen LogP contribution is -2.21. The molecular formula is C18H16BrN. The highest BCUT2D eigenvalue weighted by molar-refractivity contribution is 9.11. The molecule has 0 unspecified atom stereocenters. The summed E-state index contributed by atoms with van der Waals surface area (Å²) in [5.74, 6) is 0. The Kier molecular flexibility index (Phi) is 4.03. The zero-order chi connectivity index (χ0) is 13.8. The molecule has 1 heterocycles. The lowest BCUT2D eigenvalue weighted by molar-refractivity contribution is 0.420.